The van der Waals surface area contributed by atoms with Gasteiger partial charge in [0.25, 0.3) is 0 Å². The molecule has 2 fully saturated rings. The predicted octanol–water partition coefficient (Wildman–Crippen LogP) is 4.26. The summed E-state index contributed by atoms with van der Waals surface area (Å²) in [6, 6.07) is 6.75. The van der Waals surface area contributed by atoms with Crippen LogP contribution in [0.3, 0.4) is 0 Å². The van der Waals surface area contributed by atoms with Crippen LogP contribution in [0.15, 0.2) is 34.1 Å². The van der Waals surface area contributed by atoms with E-state index < -0.39 is 0 Å². The molecule has 1 aromatic heterocycles. The molecule has 0 saturated heterocycles. The first-order valence-corrected chi connectivity index (χ1v) is 11.6. The van der Waals surface area contributed by atoms with E-state index in [1.54, 1.807) is 23.3 Å². The molecular formula is C21H22FNO3S2. The third-order valence-corrected chi connectivity index (χ3v) is 9.34. The Morgan fingerprint density at radius 3 is 2.75 bits per heavy atom. The summed E-state index contributed by atoms with van der Waals surface area (Å²) >= 11 is 3.04. The summed E-state index contributed by atoms with van der Waals surface area (Å²) in [7, 11) is 0. The third-order valence-electron chi connectivity index (χ3n) is 6.51. The number of nitrogens with zero attached hydrogens (tertiary/aromatic N) is 1. The number of carbonyl (C=O) groups is 1. The van der Waals surface area contributed by atoms with Crippen molar-refractivity contribution in [3.8, 4) is 0 Å². The smallest absolute Gasteiger partial charge is 0.326 e. The van der Waals surface area contributed by atoms with Crippen LogP contribution in [0.4, 0.5) is 4.39 Å². The van der Waals surface area contributed by atoms with Gasteiger partial charge in [0.2, 0.25) is 0 Å². The topological polar surface area (TPSA) is 48.3 Å². The van der Waals surface area contributed by atoms with Crippen LogP contribution in [0.1, 0.15) is 42.5 Å². The van der Waals surface area contributed by atoms with Gasteiger partial charge in [-0.15, -0.1) is 11.8 Å². The molecule has 7 heteroatoms. The molecule has 0 radical (unpaired) electrons. The van der Waals surface area contributed by atoms with Gasteiger partial charge in [0.1, 0.15) is 12.4 Å². The van der Waals surface area contributed by atoms with Crippen molar-refractivity contribution in [3.05, 3.63) is 50.2 Å². The number of halogens is 1. The first kappa shape index (κ1) is 18.4. The quantitative estimate of drug-likeness (QED) is 0.695. The summed E-state index contributed by atoms with van der Waals surface area (Å²) in [6.45, 7) is 2.04. The molecule has 4 unspecified atom stereocenters. The van der Waals surface area contributed by atoms with Crippen molar-refractivity contribution < 1.29 is 13.9 Å². The van der Waals surface area contributed by atoms with Gasteiger partial charge in [-0.05, 0) is 61.6 Å². The Hall–Kier alpha value is -1.60. The molecule has 0 amide bonds. The Bertz CT molecular complexity index is 967. The molecule has 148 valence electrons. The number of hydrogen-bond acceptors (Lipinski definition) is 5. The fourth-order valence-electron chi connectivity index (χ4n) is 5.47. The van der Waals surface area contributed by atoms with E-state index in [0.717, 1.165) is 15.5 Å². The third kappa shape index (κ3) is 2.86. The molecule has 0 spiro atoms. The summed E-state index contributed by atoms with van der Waals surface area (Å²) in [6.07, 6.45) is 3.74. The van der Waals surface area contributed by atoms with E-state index >= 15 is 0 Å². The van der Waals surface area contributed by atoms with Crippen LogP contribution in [-0.2, 0) is 16.1 Å². The lowest BCUT2D eigenvalue weighted by Gasteiger charge is -2.40. The molecule has 1 aromatic carbocycles. The number of hydrogen-bond donors (Lipinski definition) is 0. The Kier molecular flexibility index (Phi) is 4.62. The second kappa shape index (κ2) is 7.02. The van der Waals surface area contributed by atoms with Crippen LogP contribution in [-0.4, -0.2) is 22.4 Å². The zero-order chi connectivity index (χ0) is 19.4. The van der Waals surface area contributed by atoms with Gasteiger partial charge in [0, 0.05) is 16.0 Å². The summed E-state index contributed by atoms with van der Waals surface area (Å²) in [5.41, 5.74) is 1.08. The van der Waals surface area contributed by atoms with E-state index in [4.69, 9.17) is 4.74 Å². The number of thiazole rings is 1. The fraction of sp³-hybridized carbons (Fsp3) is 0.524. The number of thioether (sulfide) groups is 1. The Morgan fingerprint density at radius 2 is 2.00 bits per heavy atom. The Balaban J connectivity index is 1.61. The van der Waals surface area contributed by atoms with Gasteiger partial charge in [-0.2, -0.15) is 0 Å². The number of fused-ring (bicyclic) bond motifs is 6. The van der Waals surface area contributed by atoms with Gasteiger partial charge in [-0.25, -0.2) is 4.39 Å². The average molecular weight is 420 g/mol. The predicted molar refractivity (Wildman–Crippen MR) is 107 cm³/mol. The van der Waals surface area contributed by atoms with Crippen molar-refractivity contribution in [1.82, 2.24) is 4.57 Å². The van der Waals surface area contributed by atoms with E-state index in [-0.39, 0.29) is 29.1 Å². The minimum absolute atomic E-state index is 0.0346. The van der Waals surface area contributed by atoms with E-state index in [2.05, 4.69) is 0 Å². The molecule has 5 rings (SSSR count). The second-order valence-electron chi connectivity index (χ2n) is 7.95. The summed E-state index contributed by atoms with van der Waals surface area (Å²) in [5, 5.41) is 1.38. The summed E-state index contributed by atoms with van der Waals surface area (Å²) in [4.78, 5) is 25.8. The standard InChI is InChI=1S/C21H22FNO3S2/c1-2-26-15(24)10-23-20-19(28-21(23)25)16(11-5-7-14(22)8-6-11)17-12-3-4-13(9-12)18(17)27-20/h5-8,12-13,16-18H,2-4,9-10H2,1H3/t12?,13?,16-,17?,18?/m1/s1. The van der Waals surface area contributed by atoms with Crippen molar-refractivity contribution in [3.63, 3.8) is 0 Å². The van der Waals surface area contributed by atoms with Crippen molar-refractivity contribution in [1.29, 1.82) is 0 Å². The lowest BCUT2D eigenvalue weighted by molar-refractivity contribution is -0.144. The van der Waals surface area contributed by atoms with Crippen molar-refractivity contribution in [2.24, 2.45) is 17.8 Å². The molecule has 3 aliphatic rings. The van der Waals surface area contributed by atoms with E-state index in [1.165, 1.54) is 42.7 Å². The normalized spacial score (nSPS) is 30.1. The SMILES string of the molecule is CCOC(=O)Cn1c2c(sc1=O)[C@H](c1ccc(F)cc1)C1C3CCC(C3)C1S2. The van der Waals surface area contributed by atoms with E-state index in [9.17, 15) is 14.0 Å². The maximum atomic E-state index is 13.5. The Morgan fingerprint density at radius 1 is 1.25 bits per heavy atom. The van der Waals surface area contributed by atoms with Crippen LogP contribution in [0.25, 0.3) is 0 Å². The minimum Gasteiger partial charge on any atom is -0.465 e. The highest BCUT2D eigenvalue weighted by molar-refractivity contribution is 8.00. The maximum Gasteiger partial charge on any atom is 0.326 e. The first-order valence-electron chi connectivity index (χ1n) is 9.88. The zero-order valence-corrected chi connectivity index (χ0v) is 17.2. The minimum atomic E-state index is -0.376. The number of carbonyl (C=O) groups excluding carboxylic acids is 1. The Labute approximate surface area is 171 Å². The largest absolute Gasteiger partial charge is 0.465 e. The molecule has 0 N–H and O–H groups in total. The number of ether oxygens (including phenoxy) is 1. The molecule has 2 bridgehead atoms. The molecule has 1 aliphatic heterocycles. The van der Waals surface area contributed by atoms with E-state index in [0.29, 0.717) is 29.6 Å². The highest BCUT2D eigenvalue weighted by Gasteiger charge is 2.55. The first-order chi connectivity index (χ1) is 13.6. The number of esters is 1. The van der Waals surface area contributed by atoms with Crippen LogP contribution >= 0.6 is 23.1 Å². The number of rotatable bonds is 4. The second-order valence-corrected chi connectivity index (χ2v) is 10.1. The maximum absolute atomic E-state index is 13.5. The van der Waals surface area contributed by atoms with Crippen LogP contribution in [0.2, 0.25) is 0 Å². The molecule has 28 heavy (non-hydrogen) atoms. The number of benzene rings is 1. The molecule has 2 saturated carbocycles. The average Bonchev–Trinajstić information content (AvgIpc) is 3.36. The zero-order valence-electron chi connectivity index (χ0n) is 15.6. The van der Waals surface area contributed by atoms with Gasteiger partial charge in [0.05, 0.1) is 11.6 Å². The van der Waals surface area contributed by atoms with Gasteiger partial charge >= 0.3 is 10.8 Å². The van der Waals surface area contributed by atoms with Crippen molar-refractivity contribution >= 4 is 29.1 Å². The number of aromatic nitrogens is 1. The summed E-state index contributed by atoms with van der Waals surface area (Å²) in [5.74, 6) is 1.31. The molecule has 2 heterocycles. The van der Waals surface area contributed by atoms with Gasteiger partial charge in [-0.3, -0.25) is 14.2 Å². The summed E-state index contributed by atoms with van der Waals surface area (Å²) < 4.78 is 20.2. The van der Waals surface area contributed by atoms with Gasteiger partial charge in [-0.1, -0.05) is 23.5 Å². The lowest BCUT2D eigenvalue weighted by atomic mass is 9.75. The molecular weight excluding hydrogens is 397 g/mol. The molecule has 4 nitrogen and oxygen atoms in total. The van der Waals surface area contributed by atoms with Gasteiger partial charge < -0.3 is 4.74 Å². The molecule has 2 aromatic rings. The monoisotopic (exact) mass is 419 g/mol. The highest BCUT2D eigenvalue weighted by atomic mass is 32.2. The molecule has 5 atom stereocenters. The van der Waals surface area contributed by atoms with Crippen LogP contribution in [0.5, 0.6) is 0 Å². The van der Waals surface area contributed by atoms with Crippen molar-refractivity contribution in [2.75, 3.05) is 6.61 Å². The van der Waals surface area contributed by atoms with Crippen molar-refractivity contribution in [2.45, 2.75) is 48.9 Å². The molecule has 2 aliphatic carbocycles. The van der Waals surface area contributed by atoms with E-state index in [1.807, 2.05) is 12.1 Å². The fourth-order valence-corrected chi connectivity index (χ4v) is 8.62. The van der Waals surface area contributed by atoms with Crippen LogP contribution in [0, 0.1) is 23.6 Å². The highest BCUT2D eigenvalue weighted by Crippen LogP contribution is 2.63. The van der Waals surface area contributed by atoms with Gasteiger partial charge in [0.15, 0.2) is 0 Å². The van der Waals surface area contributed by atoms with Crippen LogP contribution < -0.4 is 4.87 Å². The lowest BCUT2D eigenvalue weighted by Crippen LogP contribution is -2.34.